The van der Waals surface area contributed by atoms with Gasteiger partial charge in [-0.1, -0.05) is 12.1 Å². The van der Waals surface area contributed by atoms with E-state index in [1.165, 1.54) is 13.2 Å². The normalized spacial score (nSPS) is 25.4. The number of piperidine rings is 3. The van der Waals surface area contributed by atoms with E-state index in [1.807, 2.05) is 0 Å². The largest absolute Gasteiger partial charge is 0.492 e. The summed E-state index contributed by atoms with van der Waals surface area (Å²) in [7, 11) is 1.35. The van der Waals surface area contributed by atoms with Gasteiger partial charge < -0.3 is 19.1 Å². The number of rotatable bonds is 6. The third kappa shape index (κ3) is 4.08. The van der Waals surface area contributed by atoms with Crippen LogP contribution in [0.1, 0.15) is 30.4 Å². The second kappa shape index (κ2) is 7.55. The smallest absolute Gasteiger partial charge is 0.422 e. The van der Waals surface area contributed by atoms with Crippen molar-refractivity contribution in [1.29, 1.82) is 0 Å². The third-order valence-electron chi connectivity index (χ3n) is 6.20. The zero-order valence-corrected chi connectivity index (χ0v) is 16.3. The van der Waals surface area contributed by atoms with Crippen LogP contribution in [0.5, 0.6) is 11.5 Å². The lowest BCUT2D eigenvalue weighted by Crippen LogP contribution is -2.50. The Morgan fingerprint density at radius 3 is 2.48 bits per heavy atom. The van der Waals surface area contributed by atoms with Crippen molar-refractivity contribution >= 4 is 11.5 Å². The van der Waals surface area contributed by atoms with Gasteiger partial charge in [0.15, 0.2) is 18.1 Å². The van der Waals surface area contributed by atoms with Crippen molar-refractivity contribution in [1.82, 2.24) is 4.90 Å². The number of carbonyl (C=O) groups is 1. The van der Waals surface area contributed by atoms with Crippen LogP contribution >= 0.6 is 0 Å². The number of alkyl halides is 3. The maximum absolute atomic E-state index is 12.8. The number of hydrogen-bond acceptors (Lipinski definition) is 5. The summed E-state index contributed by atoms with van der Waals surface area (Å²) in [4.78, 5) is 15.3. The van der Waals surface area contributed by atoms with Gasteiger partial charge in [0.1, 0.15) is 0 Å². The molecule has 2 bridgehead atoms. The van der Waals surface area contributed by atoms with Crippen LogP contribution in [0.4, 0.5) is 13.2 Å². The molecule has 158 valence electrons. The Bertz CT molecular complexity index is 812. The second-order valence-electron chi connectivity index (χ2n) is 8.02. The molecule has 3 saturated heterocycles. The zero-order valence-electron chi connectivity index (χ0n) is 16.3. The molecule has 1 aromatic carbocycles. The second-order valence-corrected chi connectivity index (χ2v) is 8.02. The minimum atomic E-state index is -4.46. The lowest BCUT2D eigenvalue weighted by molar-refractivity contribution is -0.153. The molecule has 29 heavy (non-hydrogen) atoms. The summed E-state index contributed by atoms with van der Waals surface area (Å²) in [5.41, 5.74) is 1.65. The average Bonchev–Trinajstić information content (AvgIpc) is 3.15. The molecule has 5 rings (SSSR count). The number of esters is 1. The molecule has 3 fully saturated rings. The first kappa shape index (κ1) is 20.1. The number of methoxy groups -OCH3 is 1. The van der Waals surface area contributed by atoms with E-state index in [1.54, 1.807) is 12.1 Å². The highest BCUT2D eigenvalue weighted by Gasteiger charge is 2.41. The van der Waals surface area contributed by atoms with E-state index in [0.29, 0.717) is 24.2 Å². The summed E-state index contributed by atoms with van der Waals surface area (Å²) in [6, 6.07) is 3.11. The minimum absolute atomic E-state index is 0.0394. The van der Waals surface area contributed by atoms with Crippen molar-refractivity contribution in [3.63, 3.8) is 0 Å². The Hall–Kier alpha value is -2.22. The first-order valence-electron chi connectivity index (χ1n) is 9.80. The monoisotopic (exact) mass is 411 g/mol. The molecule has 0 unspecified atom stereocenters. The molecule has 4 aliphatic rings. The third-order valence-corrected chi connectivity index (χ3v) is 6.20. The quantitative estimate of drug-likeness (QED) is 0.670. The fraction of sp³-hybridized carbons (Fsp3) is 0.571. The molecule has 0 N–H and O–H groups in total. The highest BCUT2D eigenvalue weighted by atomic mass is 19.4. The van der Waals surface area contributed by atoms with Gasteiger partial charge in [-0.3, -0.25) is 0 Å². The highest BCUT2D eigenvalue weighted by Crippen LogP contribution is 2.44. The topological polar surface area (TPSA) is 48.0 Å². The maximum atomic E-state index is 12.8. The van der Waals surface area contributed by atoms with Crippen molar-refractivity contribution in [3.05, 3.63) is 29.3 Å². The molecule has 5 nitrogen and oxygen atoms in total. The van der Waals surface area contributed by atoms with Gasteiger partial charge in [-0.05, 0) is 56.9 Å². The lowest BCUT2D eigenvalue weighted by Gasteiger charge is -2.47. The van der Waals surface area contributed by atoms with Gasteiger partial charge in [-0.2, -0.15) is 13.2 Å². The predicted octanol–water partition coefficient (Wildman–Crippen LogP) is 3.60. The molecule has 0 atom stereocenters. The molecule has 0 saturated carbocycles. The summed E-state index contributed by atoms with van der Waals surface area (Å²) in [5.74, 6) is -0.364. The number of fused-ring (bicyclic) bond motifs is 4. The van der Waals surface area contributed by atoms with E-state index in [0.717, 1.165) is 44.5 Å². The van der Waals surface area contributed by atoms with Crippen LogP contribution < -0.4 is 9.47 Å². The molecule has 3 heterocycles. The van der Waals surface area contributed by atoms with E-state index in [9.17, 15) is 18.0 Å². The van der Waals surface area contributed by atoms with Crippen molar-refractivity contribution in [3.8, 4) is 11.5 Å². The lowest BCUT2D eigenvalue weighted by atomic mass is 9.73. The van der Waals surface area contributed by atoms with Gasteiger partial charge in [-0.25, -0.2) is 4.79 Å². The van der Waals surface area contributed by atoms with E-state index in [2.05, 4.69) is 4.90 Å². The fourth-order valence-electron chi connectivity index (χ4n) is 4.45. The van der Waals surface area contributed by atoms with E-state index in [4.69, 9.17) is 14.2 Å². The summed E-state index contributed by atoms with van der Waals surface area (Å²) in [5, 5.41) is 0. The van der Waals surface area contributed by atoms with Crippen molar-refractivity contribution < 1.29 is 32.2 Å². The first-order valence-corrected chi connectivity index (χ1v) is 9.80. The number of carbonyl (C=O) groups excluding carboxylic acids is 1. The molecule has 0 radical (unpaired) electrons. The van der Waals surface area contributed by atoms with E-state index in [-0.39, 0.29) is 16.9 Å². The SMILES string of the molecule is COc1c(OCC(F)(F)F)ccc2c1C(C(=O)OCC13CCN(CC1)CC3)=CC2. The van der Waals surface area contributed by atoms with Gasteiger partial charge >= 0.3 is 12.1 Å². The number of ether oxygens (including phenoxy) is 3. The molecular weight excluding hydrogens is 387 g/mol. The van der Waals surface area contributed by atoms with Gasteiger partial charge in [0, 0.05) is 11.0 Å². The van der Waals surface area contributed by atoms with Crippen LogP contribution in [0.2, 0.25) is 0 Å². The standard InChI is InChI=1S/C21H24F3NO4/c1-27-18-16(28-13-21(22,23)24)5-3-14-2-4-15(17(14)18)19(26)29-12-20-6-9-25(10-7-20)11-8-20/h3-5H,2,6-13H2,1H3. The number of halogens is 3. The predicted molar refractivity (Wildman–Crippen MR) is 99.9 cm³/mol. The summed E-state index contributed by atoms with van der Waals surface area (Å²) in [6.45, 7) is 2.06. The fourth-order valence-corrected chi connectivity index (χ4v) is 4.45. The molecule has 1 aliphatic carbocycles. The average molecular weight is 411 g/mol. The van der Waals surface area contributed by atoms with Crippen LogP contribution in [0.3, 0.4) is 0 Å². The van der Waals surface area contributed by atoms with E-state index < -0.39 is 18.8 Å². The first-order chi connectivity index (χ1) is 13.8. The minimum Gasteiger partial charge on any atom is -0.492 e. The Morgan fingerprint density at radius 1 is 1.17 bits per heavy atom. The van der Waals surface area contributed by atoms with Gasteiger partial charge in [0.05, 0.1) is 19.3 Å². The van der Waals surface area contributed by atoms with Gasteiger partial charge in [0.2, 0.25) is 0 Å². The molecule has 1 aromatic rings. The van der Waals surface area contributed by atoms with Crippen LogP contribution in [-0.2, 0) is 16.0 Å². The van der Waals surface area contributed by atoms with Gasteiger partial charge in [0.25, 0.3) is 0 Å². The molecule has 0 aromatic heterocycles. The van der Waals surface area contributed by atoms with Crippen LogP contribution in [-0.4, -0.2) is 57.0 Å². The molecule has 3 aliphatic heterocycles. The number of benzene rings is 1. The summed E-state index contributed by atoms with van der Waals surface area (Å²) >= 11 is 0. The summed E-state index contributed by atoms with van der Waals surface area (Å²) < 4.78 is 53.6. The molecule has 0 spiro atoms. The Morgan fingerprint density at radius 2 is 1.86 bits per heavy atom. The highest BCUT2D eigenvalue weighted by molar-refractivity contribution is 6.19. The number of nitrogens with zero attached hydrogens (tertiary/aromatic N) is 1. The Labute approximate surface area is 167 Å². The van der Waals surface area contributed by atoms with Crippen molar-refractivity contribution in [2.45, 2.75) is 31.9 Å². The Balaban J connectivity index is 1.50. The molecule has 0 amide bonds. The number of allylic oxidation sites excluding steroid dienone is 1. The van der Waals surface area contributed by atoms with Crippen LogP contribution in [0.15, 0.2) is 18.2 Å². The maximum Gasteiger partial charge on any atom is 0.422 e. The molecule has 8 heteroatoms. The van der Waals surface area contributed by atoms with Crippen LogP contribution in [0.25, 0.3) is 5.57 Å². The van der Waals surface area contributed by atoms with Crippen LogP contribution in [0, 0.1) is 5.41 Å². The Kier molecular flexibility index (Phi) is 5.23. The van der Waals surface area contributed by atoms with Gasteiger partial charge in [-0.15, -0.1) is 0 Å². The number of hydrogen-bond donors (Lipinski definition) is 0. The van der Waals surface area contributed by atoms with Crippen molar-refractivity contribution in [2.24, 2.45) is 5.41 Å². The van der Waals surface area contributed by atoms with E-state index >= 15 is 0 Å². The summed E-state index contributed by atoms with van der Waals surface area (Å²) in [6.07, 6.45) is 0.842. The zero-order chi connectivity index (χ0) is 20.6. The molecular formula is C21H24F3NO4. The van der Waals surface area contributed by atoms with Crippen molar-refractivity contribution in [2.75, 3.05) is 40.0 Å².